The highest BCUT2D eigenvalue weighted by molar-refractivity contribution is 5.96. The molecule has 1 fully saturated rings. The summed E-state index contributed by atoms with van der Waals surface area (Å²) in [6.45, 7) is 2.45. The average Bonchev–Trinajstić information content (AvgIpc) is 2.75. The molecule has 5 heteroatoms. The van der Waals surface area contributed by atoms with Gasteiger partial charge < -0.3 is 10.6 Å². The summed E-state index contributed by atoms with van der Waals surface area (Å²) >= 11 is 0. The maximum absolute atomic E-state index is 12.0. The first-order valence-electron chi connectivity index (χ1n) is 7.53. The fraction of sp³-hybridized carbons (Fsp3) is 0.500. The van der Waals surface area contributed by atoms with E-state index < -0.39 is 0 Å². The second kappa shape index (κ2) is 7.78. The summed E-state index contributed by atoms with van der Waals surface area (Å²) in [5.74, 6) is -0.123. The number of nitrogens with zero attached hydrogens (tertiary/aromatic N) is 1. The second-order valence-corrected chi connectivity index (χ2v) is 5.40. The Bertz CT molecular complexity index is 477. The fourth-order valence-corrected chi connectivity index (χ4v) is 2.55. The molecule has 0 saturated carbocycles. The number of carbonyl (C=O) groups excluding carboxylic acids is 2. The molecule has 0 bridgehead atoms. The summed E-state index contributed by atoms with van der Waals surface area (Å²) in [6, 6.07) is 6.93. The molecule has 1 aromatic carbocycles. The molecule has 5 nitrogen and oxygen atoms in total. The molecule has 2 N–H and O–H groups in total. The summed E-state index contributed by atoms with van der Waals surface area (Å²) in [5.41, 5.74) is 1.31. The van der Waals surface area contributed by atoms with E-state index in [1.54, 1.807) is 31.3 Å². The summed E-state index contributed by atoms with van der Waals surface area (Å²) in [6.07, 6.45) is 4.88. The third-order valence-electron chi connectivity index (χ3n) is 3.72. The van der Waals surface area contributed by atoms with Gasteiger partial charge in [-0.3, -0.25) is 14.5 Å². The normalized spacial score (nSPS) is 16.0. The van der Waals surface area contributed by atoms with Crippen molar-refractivity contribution in [1.82, 2.24) is 10.2 Å². The molecule has 2 rings (SSSR count). The Morgan fingerprint density at radius 2 is 1.67 bits per heavy atom. The van der Waals surface area contributed by atoms with E-state index in [9.17, 15) is 9.59 Å². The standard InChI is InChI=1S/C16H23N3O2/c1-17-16(21)13-6-8-14(9-7-13)18-15(20)12-19-10-4-2-3-5-11-19/h6-9H,2-5,10-12H2,1H3,(H,17,21)(H,18,20). The van der Waals surface area contributed by atoms with E-state index in [1.807, 2.05) is 0 Å². The Labute approximate surface area is 125 Å². The van der Waals surface area contributed by atoms with E-state index in [1.165, 1.54) is 25.7 Å². The summed E-state index contributed by atoms with van der Waals surface area (Å²) in [7, 11) is 1.60. The van der Waals surface area contributed by atoms with Crippen LogP contribution >= 0.6 is 0 Å². The molecule has 1 aliphatic rings. The first kappa shape index (κ1) is 15.5. The van der Waals surface area contributed by atoms with Crippen molar-refractivity contribution in [3.63, 3.8) is 0 Å². The SMILES string of the molecule is CNC(=O)c1ccc(NC(=O)CN2CCCCCC2)cc1. The molecule has 0 radical (unpaired) electrons. The van der Waals surface area contributed by atoms with Gasteiger partial charge in [-0.25, -0.2) is 0 Å². The topological polar surface area (TPSA) is 61.4 Å². The smallest absolute Gasteiger partial charge is 0.251 e. The van der Waals surface area contributed by atoms with Crippen molar-refractivity contribution < 1.29 is 9.59 Å². The number of likely N-dealkylation sites (tertiary alicyclic amines) is 1. The maximum Gasteiger partial charge on any atom is 0.251 e. The monoisotopic (exact) mass is 289 g/mol. The van der Waals surface area contributed by atoms with Gasteiger partial charge in [0, 0.05) is 18.3 Å². The number of hydrogen-bond acceptors (Lipinski definition) is 3. The van der Waals surface area contributed by atoms with Crippen LogP contribution in [0.3, 0.4) is 0 Å². The molecule has 0 aromatic heterocycles. The molecule has 0 unspecified atom stereocenters. The van der Waals surface area contributed by atoms with Crippen molar-refractivity contribution in [1.29, 1.82) is 0 Å². The lowest BCUT2D eigenvalue weighted by Gasteiger charge is -2.19. The zero-order valence-electron chi connectivity index (χ0n) is 12.5. The molecule has 114 valence electrons. The summed E-state index contributed by atoms with van der Waals surface area (Å²) < 4.78 is 0. The van der Waals surface area contributed by atoms with Gasteiger partial charge in [0.2, 0.25) is 5.91 Å². The van der Waals surface area contributed by atoms with Crippen LogP contribution in [0.2, 0.25) is 0 Å². The maximum atomic E-state index is 12.0. The Balaban J connectivity index is 1.85. The highest BCUT2D eigenvalue weighted by Crippen LogP contribution is 2.11. The first-order valence-corrected chi connectivity index (χ1v) is 7.53. The zero-order valence-corrected chi connectivity index (χ0v) is 12.5. The Morgan fingerprint density at radius 1 is 1.05 bits per heavy atom. The lowest BCUT2D eigenvalue weighted by molar-refractivity contribution is -0.117. The first-order chi connectivity index (χ1) is 10.2. The Hall–Kier alpha value is -1.88. The van der Waals surface area contributed by atoms with E-state index >= 15 is 0 Å². The molecule has 1 saturated heterocycles. The molecule has 0 spiro atoms. The molecule has 1 heterocycles. The minimum atomic E-state index is -0.127. The Morgan fingerprint density at radius 3 is 2.24 bits per heavy atom. The van der Waals surface area contributed by atoms with Crippen LogP contribution in [0.1, 0.15) is 36.0 Å². The van der Waals surface area contributed by atoms with Crippen LogP contribution in [0.15, 0.2) is 24.3 Å². The van der Waals surface area contributed by atoms with Crippen LogP contribution in [-0.2, 0) is 4.79 Å². The lowest BCUT2D eigenvalue weighted by atomic mass is 10.2. The van der Waals surface area contributed by atoms with Crippen molar-refractivity contribution in [2.75, 3.05) is 32.0 Å². The number of rotatable bonds is 4. The van der Waals surface area contributed by atoms with Gasteiger partial charge in [-0.05, 0) is 50.2 Å². The van der Waals surface area contributed by atoms with Gasteiger partial charge >= 0.3 is 0 Å². The van der Waals surface area contributed by atoms with Crippen molar-refractivity contribution in [2.24, 2.45) is 0 Å². The number of benzene rings is 1. The van der Waals surface area contributed by atoms with Crippen LogP contribution in [0.4, 0.5) is 5.69 Å². The van der Waals surface area contributed by atoms with E-state index in [0.717, 1.165) is 18.8 Å². The van der Waals surface area contributed by atoms with E-state index in [-0.39, 0.29) is 11.8 Å². The van der Waals surface area contributed by atoms with Crippen molar-refractivity contribution in [3.8, 4) is 0 Å². The number of amides is 2. The van der Waals surface area contributed by atoms with Gasteiger partial charge in [-0.2, -0.15) is 0 Å². The largest absolute Gasteiger partial charge is 0.355 e. The van der Waals surface area contributed by atoms with E-state index in [0.29, 0.717) is 12.1 Å². The van der Waals surface area contributed by atoms with Gasteiger partial charge in [0.25, 0.3) is 5.91 Å². The van der Waals surface area contributed by atoms with Crippen LogP contribution in [0.5, 0.6) is 0 Å². The highest BCUT2D eigenvalue weighted by Gasteiger charge is 2.13. The zero-order chi connectivity index (χ0) is 15.1. The van der Waals surface area contributed by atoms with Gasteiger partial charge in [0.1, 0.15) is 0 Å². The molecule has 0 aliphatic carbocycles. The average molecular weight is 289 g/mol. The predicted molar refractivity (Wildman–Crippen MR) is 83.4 cm³/mol. The molecule has 0 atom stereocenters. The second-order valence-electron chi connectivity index (χ2n) is 5.40. The van der Waals surface area contributed by atoms with E-state index in [2.05, 4.69) is 15.5 Å². The number of carbonyl (C=O) groups is 2. The molecular formula is C16H23N3O2. The molecule has 1 aliphatic heterocycles. The fourth-order valence-electron chi connectivity index (χ4n) is 2.55. The highest BCUT2D eigenvalue weighted by atomic mass is 16.2. The van der Waals surface area contributed by atoms with Gasteiger partial charge in [0.05, 0.1) is 6.54 Å². The predicted octanol–water partition coefficient (Wildman–Crippen LogP) is 1.86. The molecule has 2 amide bonds. The van der Waals surface area contributed by atoms with Crippen LogP contribution < -0.4 is 10.6 Å². The number of nitrogens with one attached hydrogen (secondary N) is 2. The third-order valence-corrected chi connectivity index (χ3v) is 3.72. The third kappa shape index (κ3) is 4.86. The van der Waals surface area contributed by atoms with Gasteiger partial charge in [-0.15, -0.1) is 0 Å². The quantitative estimate of drug-likeness (QED) is 0.889. The molecule has 21 heavy (non-hydrogen) atoms. The van der Waals surface area contributed by atoms with E-state index in [4.69, 9.17) is 0 Å². The number of hydrogen-bond donors (Lipinski definition) is 2. The van der Waals surface area contributed by atoms with Gasteiger partial charge in [-0.1, -0.05) is 12.8 Å². The minimum absolute atomic E-state index is 0.00425. The molecular weight excluding hydrogens is 266 g/mol. The van der Waals surface area contributed by atoms with Crippen molar-refractivity contribution in [3.05, 3.63) is 29.8 Å². The van der Waals surface area contributed by atoms with Crippen molar-refractivity contribution >= 4 is 17.5 Å². The summed E-state index contributed by atoms with van der Waals surface area (Å²) in [5, 5.41) is 5.45. The van der Waals surface area contributed by atoms with Crippen LogP contribution in [0.25, 0.3) is 0 Å². The number of anilines is 1. The van der Waals surface area contributed by atoms with Crippen molar-refractivity contribution in [2.45, 2.75) is 25.7 Å². The van der Waals surface area contributed by atoms with Gasteiger partial charge in [0.15, 0.2) is 0 Å². The molecule has 1 aromatic rings. The van der Waals surface area contributed by atoms with Crippen LogP contribution in [-0.4, -0.2) is 43.4 Å². The van der Waals surface area contributed by atoms with Crippen LogP contribution in [0, 0.1) is 0 Å². The summed E-state index contributed by atoms with van der Waals surface area (Å²) in [4.78, 5) is 25.7. The lowest BCUT2D eigenvalue weighted by Crippen LogP contribution is -2.33. The Kier molecular flexibility index (Phi) is 5.75. The minimum Gasteiger partial charge on any atom is -0.355 e.